The molecular weight excluding hydrogens is 410 g/mol. The van der Waals surface area contributed by atoms with Crippen LogP contribution in [0.3, 0.4) is 0 Å². The summed E-state index contributed by atoms with van der Waals surface area (Å²) in [5.74, 6) is -0.767. The van der Waals surface area contributed by atoms with Gasteiger partial charge >= 0.3 is 5.97 Å². The molecule has 0 unspecified atom stereocenters. The molecule has 1 fully saturated rings. The fraction of sp³-hybridized carbons (Fsp3) is 0.167. The van der Waals surface area contributed by atoms with Crippen LogP contribution >= 0.6 is 0 Å². The van der Waals surface area contributed by atoms with Gasteiger partial charge in [-0.1, -0.05) is 24.3 Å². The minimum atomic E-state index is -0.709. The number of nitrogens with one attached hydrogen (secondary N) is 2. The topological polar surface area (TPSA) is 107 Å². The van der Waals surface area contributed by atoms with Crippen LogP contribution in [0.1, 0.15) is 33.6 Å². The Hall–Kier alpha value is -4.20. The second kappa shape index (κ2) is 9.74. The van der Waals surface area contributed by atoms with Crippen LogP contribution in [0.2, 0.25) is 0 Å². The van der Waals surface area contributed by atoms with E-state index in [9.17, 15) is 14.4 Å². The zero-order valence-corrected chi connectivity index (χ0v) is 17.1. The van der Waals surface area contributed by atoms with Gasteiger partial charge in [0.15, 0.2) is 6.61 Å². The average molecular weight is 431 g/mol. The third kappa shape index (κ3) is 5.48. The first-order chi connectivity index (χ1) is 15.6. The van der Waals surface area contributed by atoms with Gasteiger partial charge in [-0.3, -0.25) is 14.6 Å². The van der Waals surface area contributed by atoms with Gasteiger partial charge < -0.3 is 20.1 Å². The number of para-hydroxylation sites is 2. The molecule has 0 atom stereocenters. The van der Waals surface area contributed by atoms with Gasteiger partial charge in [0, 0.05) is 12.2 Å². The Balaban J connectivity index is 1.37. The van der Waals surface area contributed by atoms with Crippen LogP contribution in [-0.2, 0) is 9.53 Å². The third-order valence-electron chi connectivity index (χ3n) is 4.66. The van der Waals surface area contributed by atoms with Crippen molar-refractivity contribution in [2.24, 2.45) is 0 Å². The molecule has 2 amide bonds. The maximum Gasteiger partial charge on any atom is 0.342 e. The molecule has 1 heterocycles. The number of pyridine rings is 1. The summed E-state index contributed by atoms with van der Waals surface area (Å²) in [6.07, 6.45) is 5.05. The second-order valence-corrected chi connectivity index (χ2v) is 7.20. The number of carbonyl (C=O) groups is 3. The molecule has 1 aliphatic carbocycles. The lowest BCUT2D eigenvalue weighted by Gasteiger charge is -2.12. The van der Waals surface area contributed by atoms with Crippen molar-refractivity contribution in [3.63, 3.8) is 0 Å². The number of amides is 2. The first kappa shape index (κ1) is 21.0. The summed E-state index contributed by atoms with van der Waals surface area (Å²) >= 11 is 0. The fourth-order valence-corrected chi connectivity index (χ4v) is 2.93. The zero-order chi connectivity index (χ0) is 22.3. The number of aromatic nitrogens is 1. The van der Waals surface area contributed by atoms with Gasteiger partial charge in [0.2, 0.25) is 0 Å². The van der Waals surface area contributed by atoms with Crippen LogP contribution in [-0.4, -0.2) is 35.4 Å². The first-order valence-corrected chi connectivity index (χ1v) is 10.1. The predicted molar refractivity (Wildman–Crippen MR) is 117 cm³/mol. The van der Waals surface area contributed by atoms with Gasteiger partial charge in [-0.15, -0.1) is 0 Å². The number of esters is 1. The van der Waals surface area contributed by atoms with Crippen molar-refractivity contribution in [2.75, 3.05) is 11.9 Å². The summed E-state index contributed by atoms with van der Waals surface area (Å²) in [5.41, 5.74) is 0.884. The van der Waals surface area contributed by atoms with E-state index in [1.54, 1.807) is 66.9 Å². The van der Waals surface area contributed by atoms with Crippen LogP contribution in [0.4, 0.5) is 5.69 Å². The molecule has 8 nitrogen and oxygen atoms in total. The van der Waals surface area contributed by atoms with Gasteiger partial charge in [0.25, 0.3) is 11.8 Å². The molecule has 3 aromatic rings. The first-order valence-electron chi connectivity index (χ1n) is 10.1. The molecule has 2 N–H and O–H groups in total. The quantitative estimate of drug-likeness (QED) is 0.528. The average Bonchev–Trinajstić information content (AvgIpc) is 3.63. The van der Waals surface area contributed by atoms with E-state index in [0.717, 1.165) is 12.8 Å². The van der Waals surface area contributed by atoms with Gasteiger partial charge in [-0.2, -0.15) is 0 Å². The van der Waals surface area contributed by atoms with Gasteiger partial charge in [0.05, 0.1) is 17.4 Å². The zero-order valence-electron chi connectivity index (χ0n) is 17.1. The minimum absolute atomic E-state index is 0.174. The number of ether oxygens (including phenoxy) is 2. The fourth-order valence-electron chi connectivity index (χ4n) is 2.93. The minimum Gasteiger partial charge on any atom is -0.455 e. The predicted octanol–water partition coefficient (Wildman–Crippen LogP) is 3.56. The number of hydrogen-bond acceptors (Lipinski definition) is 6. The van der Waals surface area contributed by atoms with E-state index in [1.165, 1.54) is 6.20 Å². The van der Waals surface area contributed by atoms with Crippen LogP contribution in [0.25, 0.3) is 0 Å². The molecule has 2 aromatic carbocycles. The van der Waals surface area contributed by atoms with Crippen molar-refractivity contribution in [3.05, 3.63) is 84.2 Å². The van der Waals surface area contributed by atoms with E-state index in [1.807, 2.05) is 0 Å². The number of hydrogen-bond donors (Lipinski definition) is 2. The van der Waals surface area contributed by atoms with E-state index < -0.39 is 18.5 Å². The van der Waals surface area contributed by atoms with E-state index >= 15 is 0 Å². The molecule has 1 saturated carbocycles. The highest BCUT2D eigenvalue weighted by Gasteiger charge is 2.25. The lowest BCUT2D eigenvalue weighted by Crippen LogP contribution is -2.28. The summed E-state index contributed by atoms with van der Waals surface area (Å²) in [4.78, 5) is 41.3. The molecule has 0 aliphatic heterocycles. The highest BCUT2D eigenvalue weighted by atomic mass is 16.5. The molecule has 0 spiro atoms. The maximum absolute atomic E-state index is 12.6. The molecule has 8 heteroatoms. The molecule has 162 valence electrons. The Morgan fingerprint density at radius 2 is 1.69 bits per heavy atom. The Labute approximate surface area is 184 Å². The van der Waals surface area contributed by atoms with Crippen molar-refractivity contribution >= 4 is 23.5 Å². The third-order valence-corrected chi connectivity index (χ3v) is 4.66. The van der Waals surface area contributed by atoms with E-state index in [-0.39, 0.29) is 23.3 Å². The van der Waals surface area contributed by atoms with Crippen molar-refractivity contribution in [3.8, 4) is 11.5 Å². The van der Waals surface area contributed by atoms with Crippen LogP contribution in [0, 0.1) is 0 Å². The molecule has 0 saturated heterocycles. The number of anilines is 1. The number of rotatable bonds is 8. The summed E-state index contributed by atoms with van der Waals surface area (Å²) in [7, 11) is 0. The van der Waals surface area contributed by atoms with Crippen molar-refractivity contribution < 1.29 is 23.9 Å². The summed E-state index contributed by atoms with van der Waals surface area (Å²) in [5, 5.41) is 5.52. The molecule has 0 radical (unpaired) electrons. The highest BCUT2D eigenvalue weighted by molar-refractivity contribution is 6.04. The van der Waals surface area contributed by atoms with Gasteiger partial charge in [0.1, 0.15) is 17.1 Å². The van der Waals surface area contributed by atoms with Crippen molar-refractivity contribution in [1.29, 1.82) is 0 Å². The standard InChI is InChI=1S/C24H21N3O5/c28-22(27-20-9-3-1-7-18(20)23(29)26-16-11-12-16)15-31-24(30)19-8-2-4-10-21(19)32-17-6-5-13-25-14-17/h1-10,13-14,16H,11-12,15H2,(H,26,29)(H,27,28). The molecule has 1 aliphatic rings. The van der Waals surface area contributed by atoms with E-state index in [0.29, 0.717) is 17.0 Å². The van der Waals surface area contributed by atoms with E-state index in [4.69, 9.17) is 9.47 Å². The number of carbonyl (C=O) groups excluding carboxylic acids is 3. The van der Waals surface area contributed by atoms with E-state index in [2.05, 4.69) is 15.6 Å². The Bertz CT molecular complexity index is 1130. The number of nitrogens with zero attached hydrogens (tertiary/aromatic N) is 1. The molecule has 32 heavy (non-hydrogen) atoms. The van der Waals surface area contributed by atoms with Crippen LogP contribution < -0.4 is 15.4 Å². The summed E-state index contributed by atoms with van der Waals surface area (Å²) in [6, 6.07) is 16.9. The molecular formula is C24H21N3O5. The Kier molecular flexibility index (Phi) is 6.41. The monoisotopic (exact) mass is 431 g/mol. The lowest BCUT2D eigenvalue weighted by molar-refractivity contribution is -0.119. The van der Waals surface area contributed by atoms with Crippen molar-refractivity contribution in [2.45, 2.75) is 18.9 Å². The smallest absolute Gasteiger partial charge is 0.342 e. The number of benzene rings is 2. The molecule has 0 bridgehead atoms. The van der Waals surface area contributed by atoms with Gasteiger partial charge in [-0.25, -0.2) is 4.79 Å². The highest BCUT2D eigenvalue weighted by Crippen LogP contribution is 2.25. The Morgan fingerprint density at radius 3 is 2.44 bits per heavy atom. The normalized spacial score (nSPS) is 12.5. The SMILES string of the molecule is O=C(COC(=O)c1ccccc1Oc1cccnc1)Nc1ccccc1C(=O)NC1CC1. The summed E-state index contributed by atoms with van der Waals surface area (Å²) < 4.78 is 10.9. The molecule has 1 aromatic heterocycles. The summed E-state index contributed by atoms with van der Waals surface area (Å²) in [6.45, 7) is -0.515. The largest absolute Gasteiger partial charge is 0.455 e. The van der Waals surface area contributed by atoms with Crippen LogP contribution in [0.15, 0.2) is 73.1 Å². The van der Waals surface area contributed by atoms with Gasteiger partial charge in [-0.05, 0) is 49.2 Å². The molecule has 4 rings (SSSR count). The van der Waals surface area contributed by atoms with Crippen LogP contribution in [0.5, 0.6) is 11.5 Å². The Morgan fingerprint density at radius 1 is 0.938 bits per heavy atom. The maximum atomic E-state index is 12.6. The van der Waals surface area contributed by atoms with Crippen molar-refractivity contribution in [1.82, 2.24) is 10.3 Å². The lowest BCUT2D eigenvalue weighted by atomic mass is 10.1. The second-order valence-electron chi connectivity index (χ2n) is 7.20.